The van der Waals surface area contributed by atoms with Crippen LogP contribution < -0.4 is 5.32 Å². The quantitative estimate of drug-likeness (QED) is 0.575. The Hall–Kier alpha value is -0.0800. The third kappa shape index (κ3) is 1.70. The molecule has 0 amide bonds. The van der Waals surface area contributed by atoms with Crippen LogP contribution >= 0.6 is 0 Å². The molecule has 1 fully saturated rings. The van der Waals surface area contributed by atoms with Gasteiger partial charge in [0.2, 0.25) is 0 Å². The maximum absolute atomic E-state index is 3.40. The molecule has 1 N–H and O–H groups in total. The predicted octanol–water partition coefficient (Wildman–Crippen LogP) is 0.546. The zero-order chi connectivity index (χ0) is 7.56. The maximum Gasteiger partial charge on any atom is 0.0241 e. The molecule has 0 saturated carbocycles. The van der Waals surface area contributed by atoms with Crippen molar-refractivity contribution in [1.29, 1.82) is 0 Å². The van der Waals surface area contributed by atoms with E-state index in [9.17, 15) is 0 Å². The molecule has 1 atom stereocenters. The van der Waals surface area contributed by atoms with Crippen LogP contribution in [0.5, 0.6) is 0 Å². The van der Waals surface area contributed by atoms with Gasteiger partial charge in [-0.3, -0.25) is 0 Å². The first kappa shape index (κ1) is 8.02. The summed E-state index contributed by atoms with van der Waals surface area (Å²) in [6.07, 6.45) is 0. The van der Waals surface area contributed by atoms with Gasteiger partial charge in [-0.2, -0.15) is 0 Å². The normalized spacial score (nSPS) is 29.4. The van der Waals surface area contributed by atoms with Crippen molar-refractivity contribution < 1.29 is 0 Å². The lowest BCUT2D eigenvalue weighted by Gasteiger charge is -2.35. The van der Waals surface area contributed by atoms with E-state index < -0.39 is 0 Å². The van der Waals surface area contributed by atoms with E-state index in [1.807, 2.05) is 0 Å². The maximum atomic E-state index is 3.40. The molecule has 1 aliphatic heterocycles. The van der Waals surface area contributed by atoms with Gasteiger partial charge in [0.15, 0.2) is 0 Å². The molecule has 0 aliphatic carbocycles. The van der Waals surface area contributed by atoms with Crippen LogP contribution in [0.1, 0.15) is 13.8 Å². The molecule has 0 aromatic rings. The van der Waals surface area contributed by atoms with E-state index in [0.29, 0.717) is 0 Å². The summed E-state index contributed by atoms with van der Waals surface area (Å²) in [7, 11) is 2.21. The largest absolute Gasteiger partial charge is 0.314 e. The second-order valence-corrected chi connectivity index (χ2v) is 3.50. The molecule has 1 rings (SSSR count). The van der Waals surface area contributed by atoms with Crippen LogP contribution in [-0.4, -0.2) is 37.6 Å². The first-order valence-electron chi connectivity index (χ1n) is 4.13. The first-order valence-corrected chi connectivity index (χ1v) is 4.13. The summed E-state index contributed by atoms with van der Waals surface area (Å²) in [4.78, 5) is 2.45. The molecule has 10 heavy (non-hydrogen) atoms. The third-order valence-electron chi connectivity index (χ3n) is 2.33. The average Bonchev–Trinajstić information content (AvgIpc) is 1.88. The zero-order valence-corrected chi connectivity index (χ0v) is 7.22. The van der Waals surface area contributed by atoms with Gasteiger partial charge >= 0.3 is 0 Å². The van der Waals surface area contributed by atoms with Crippen LogP contribution in [0.25, 0.3) is 0 Å². The van der Waals surface area contributed by atoms with Crippen molar-refractivity contribution in [3.8, 4) is 0 Å². The van der Waals surface area contributed by atoms with Crippen molar-refractivity contribution in [3.63, 3.8) is 0 Å². The summed E-state index contributed by atoms with van der Waals surface area (Å²) in [5.74, 6) is 0.776. The van der Waals surface area contributed by atoms with Gasteiger partial charge in [0, 0.05) is 25.7 Å². The van der Waals surface area contributed by atoms with E-state index in [2.05, 4.69) is 31.1 Å². The zero-order valence-electron chi connectivity index (χ0n) is 7.22. The molecule has 0 aromatic heterocycles. The van der Waals surface area contributed by atoms with Crippen molar-refractivity contribution in [2.45, 2.75) is 19.9 Å². The Kier molecular flexibility index (Phi) is 2.69. The summed E-state index contributed by atoms with van der Waals surface area (Å²) in [6.45, 7) is 8.08. The Morgan fingerprint density at radius 2 is 2.20 bits per heavy atom. The van der Waals surface area contributed by atoms with Gasteiger partial charge in [-0.15, -0.1) is 0 Å². The van der Waals surface area contributed by atoms with Gasteiger partial charge in [0.05, 0.1) is 0 Å². The molecule has 0 aromatic carbocycles. The van der Waals surface area contributed by atoms with Crippen LogP contribution in [-0.2, 0) is 0 Å². The van der Waals surface area contributed by atoms with Crippen LogP contribution in [0, 0.1) is 5.92 Å². The van der Waals surface area contributed by atoms with Gasteiger partial charge < -0.3 is 10.2 Å². The fraction of sp³-hybridized carbons (Fsp3) is 1.00. The van der Waals surface area contributed by atoms with Gasteiger partial charge in [-0.25, -0.2) is 0 Å². The summed E-state index contributed by atoms with van der Waals surface area (Å²) >= 11 is 0. The lowest BCUT2D eigenvalue weighted by atomic mass is 10.0. The van der Waals surface area contributed by atoms with E-state index in [-0.39, 0.29) is 0 Å². The molecule has 0 radical (unpaired) electrons. The average molecular weight is 142 g/mol. The molecule has 1 aliphatic rings. The SMILES string of the molecule is CC(C)C1CNCCN1C. The van der Waals surface area contributed by atoms with Crippen molar-refractivity contribution in [2.24, 2.45) is 5.92 Å². The Balaban J connectivity index is 2.40. The van der Waals surface area contributed by atoms with Crippen LogP contribution in [0.4, 0.5) is 0 Å². The monoisotopic (exact) mass is 142 g/mol. The number of rotatable bonds is 1. The van der Waals surface area contributed by atoms with E-state index in [1.165, 1.54) is 6.54 Å². The van der Waals surface area contributed by atoms with E-state index in [0.717, 1.165) is 25.0 Å². The number of nitrogens with zero attached hydrogens (tertiary/aromatic N) is 1. The second kappa shape index (κ2) is 3.35. The molecular formula is C8H18N2. The van der Waals surface area contributed by atoms with Crippen LogP contribution in [0.15, 0.2) is 0 Å². The highest BCUT2D eigenvalue weighted by Crippen LogP contribution is 2.09. The minimum atomic E-state index is 0.744. The minimum absolute atomic E-state index is 0.744. The van der Waals surface area contributed by atoms with Crippen molar-refractivity contribution in [3.05, 3.63) is 0 Å². The Morgan fingerprint density at radius 3 is 2.60 bits per heavy atom. The van der Waals surface area contributed by atoms with E-state index >= 15 is 0 Å². The molecule has 60 valence electrons. The predicted molar refractivity (Wildman–Crippen MR) is 44.1 cm³/mol. The lowest BCUT2D eigenvalue weighted by molar-refractivity contribution is 0.157. The third-order valence-corrected chi connectivity index (χ3v) is 2.33. The first-order chi connectivity index (χ1) is 4.72. The molecule has 1 unspecified atom stereocenters. The van der Waals surface area contributed by atoms with Crippen molar-refractivity contribution >= 4 is 0 Å². The number of likely N-dealkylation sites (N-methyl/N-ethyl adjacent to an activating group) is 1. The highest BCUT2D eigenvalue weighted by Gasteiger charge is 2.20. The smallest absolute Gasteiger partial charge is 0.0241 e. The van der Waals surface area contributed by atoms with Crippen molar-refractivity contribution in [1.82, 2.24) is 10.2 Å². The Bertz CT molecular complexity index is 101. The highest BCUT2D eigenvalue weighted by molar-refractivity contribution is 4.79. The molecule has 0 spiro atoms. The van der Waals surface area contributed by atoms with Gasteiger partial charge in [-0.1, -0.05) is 13.8 Å². The molecular weight excluding hydrogens is 124 g/mol. The fourth-order valence-corrected chi connectivity index (χ4v) is 1.57. The molecule has 2 heteroatoms. The summed E-state index contributed by atoms with van der Waals surface area (Å²) < 4.78 is 0. The van der Waals surface area contributed by atoms with E-state index in [1.54, 1.807) is 0 Å². The molecule has 1 saturated heterocycles. The molecule has 1 heterocycles. The number of piperazine rings is 1. The van der Waals surface area contributed by atoms with Crippen LogP contribution in [0.3, 0.4) is 0 Å². The summed E-state index contributed by atoms with van der Waals surface area (Å²) in [5, 5.41) is 3.40. The molecule has 2 nitrogen and oxygen atoms in total. The fourth-order valence-electron chi connectivity index (χ4n) is 1.57. The van der Waals surface area contributed by atoms with Gasteiger partial charge in [-0.05, 0) is 13.0 Å². The topological polar surface area (TPSA) is 15.3 Å². The van der Waals surface area contributed by atoms with Gasteiger partial charge in [0.1, 0.15) is 0 Å². The number of nitrogens with one attached hydrogen (secondary N) is 1. The Morgan fingerprint density at radius 1 is 1.50 bits per heavy atom. The Labute approximate surface area is 63.6 Å². The number of hydrogen-bond donors (Lipinski definition) is 1. The van der Waals surface area contributed by atoms with E-state index in [4.69, 9.17) is 0 Å². The standard InChI is InChI=1S/C8H18N2/c1-7(2)8-6-9-4-5-10(8)3/h7-9H,4-6H2,1-3H3. The summed E-state index contributed by atoms with van der Waals surface area (Å²) in [5.41, 5.74) is 0. The summed E-state index contributed by atoms with van der Waals surface area (Å²) in [6, 6.07) is 0.744. The number of hydrogen-bond acceptors (Lipinski definition) is 2. The lowest BCUT2D eigenvalue weighted by Crippen LogP contribution is -2.51. The van der Waals surface area contributed by atoms with Gasteiger partial charge in [0.25, 0.3) is 0 Å². The molecule has 0 bridgehead atoms. The second-order valence-electron chi connectivity index (χ2n) is 3.50. The van der Waals surface area contributed by atoms with Crippen LogP contribution in [0.2, 0.25) is 0 Å². The highest BCUT2D eigenvalue weighted by atomic mass is 15.2. The minimum Gasteiger partial charge on any atom is -0.314 e. The van der Waals surface area contributed by atoms with Crippen molar-refractivity contribution in [2.75, 3.05) is 26.7 Å².